The summed E-state index contributed by atoms with van der Waals surface area (Å²) in [7, 11) is 0. The third-order valence-corrected chi connectivity index (χ3v) is 4.50. The van der Waals surface area contributed by atoms with E-state index in [0.29, 0.717) is 16.7 Å². The first-order chi connectivity index (χ1) is 9.61. The van der Waals surface area contributed by atoms with Gasteiger partial charge in [0.25, 0.3) is 0 Å². The van der Waals surface area contributed by atoms with Crippen LogP contribution in [0.15, 0.2) is 18.2 Å². The van der Waals surface area contributed by atoms with Crippen LogP contribution in [0, 0.1) is 5.92 Å². The van der Waals surface area contributed by atoms with E-state index in [1.165, 1.54) is 17.8 Å². The van der Waals surface area contributed by atoms with Crippen LogP contribution in [0.3, 0.4) is 0 Å². The molecule has 1 aliphatic heterocycles. The number of urea groups is 1. The van der Waals surface area contributed by atoms with Gasteiger partial charge in [-0.3, -0.25) is 5.32 Å². The van der Waals surface area contributed by atoms with Crippen molar-refractivity contribution in [2.75, 3.05) is 24.1 Å². The number of hydrogen-bond acceptors (Lipinski definition) is 4. The van der Waals surface area contributed by atoms with Crippen LogP contribution in [0.4, 0.5) is 15.6 Å². The first-order valence-corrected chi connectivity index (χ1v) is 7.65. The number of likely N-dealkylation sites (tertiary alicyclic amines) is 1. The summed E-state index contributed by atoms with van der Waals surface area (Å²) in [5.41, 5.74) is 7.33. The van der Waals surface area contributed by atoms with Crippen molar-refractivity contribution in [1.29, 1.82) is 0 Å². The average Bonchev–Trinajstić information content (AvgIpc) is 2.80. The van der Waals surface area contributed by atoms with E-state index < -0.39 is 0 Å². The molecular weight excluding hydrogens is 272 g/mol. The van der Waals surface area contributed by atoms with E-state index in [1.54, 1.807) is 0 Å². The van der Waals surface area contributed by atoms with Crippen LogP contribution >= 0.6 is 11.3 Å². The molecule has 20 heavy (non-hydrogen) atoms. The Morgan fingerprint density at radius 1 is 1.55 bits per heavy atom. The molecule has 0 spiro atoms. The fourth-order valence-corrected chi connectivity index (χ4v) is 3.44. The summed E-state index contributed by atoms with van der Waals surface area (Å²) in [5.74, 6) is 0.574. The zero-order chi connectivity index (χ0) is 14.1. The number of carbonyl (C=O) groups excluding carboxylic acids is 1. The molecule has 2 amide bonds. The van der Waals surface area contributed by atoms with Crippen LogP contribution in [0.1, 0.15) is 19.8 Å². The number of aromatic nitrogens is 1. The topological polar surface area (TPSA) is 71.2 Å². The lowest BCUT2D eigenvalue weighted by molar-refractivity contribution is 0.182. The number of amides is 2. The van der Waals surface area contributed by atoms with Gasteiger partial charge in [-0.25, -0.2) is 9.78 Å². The molecule has 1 aliphatic rings. The molecule has 3 rings (SSSR count). The lowest BCUT2D eigenvalue weighted by Crippen LogP contribution is -2.41. The number of nitrogens with two attached hydrogens (primary N) is 1. The van der Waals surface area contributed by atoms with Gasteiger partial charge in [-0.05, 0) is 37.0 Å². The summed E-state index contributed by atoms with van der Waals surface area (Å²) >= 11 is 1.45. The van der Waals surface area contributed by atoms with Gasteiger partial charge in [0, 0.05) is 18.8 Å². The Bertz CT molecular complexity index is 639. The van der Waals surface area contributed by atoms with Crippen LogP contribution in [0.2, 0.25) is 0 Å². The molecule has 1 unspecified atom stereocenters. The monoisotopic (exact) mass is 290 g/mol. The van der Waals surface area contributed by atoms with Gasteiger partial charge in [-0.2, -0.15) is 0 Å². The van der Waals surface area contributed by atoms with Crippen LogP contribution < -0.4 is 11.1 Å². The van der Waals surface area contributed by atoms with Gasteiger partial charge in [0.15, 0.2) is 5.13 Å². The molecule has 1 saturated heterocycles. The minimum absolute atomic E-state index is 0.0522. The van der Waals surface area contributed by atoms with Gasteiger partial charge in [0.05, 0.1) is 10.2 Å². The summed E-state index contributed by atoms with van der Waals surface area (Å²) in [6.07, 6.45) is 2.27. The normalized spacial score (nSPS) is 19.2. The van der Waals surface area contributed by atoms with E-state index >= 15 is 0 Å². The Hall–Kier alpha value is -1.82. The summed E-state index contributed by atoms with van der Waals surface area (Å²) < 4.78 is 0.993. The predicted molar refractivity (Wildman–Crippen MR) is 83.0 cm³/mol. The Labute approximate surface area is 121 Å². The molecule has 1 atom stereocenters. The van der Waals surface area contributed by atoms with Gasteiger partial charge in [-0.15, -0.1) is 0 Å². The zero-order valence-corrected chi connectivity index (χ0v) is 12.2. The molecule has 0 saturated carbocycles. The molecule has 1 aromatic heterocycles. The SMILES string of the molecule is CC1CCCN(C(=O)Nc2nc3ccc(N)cc3s2)C1. The fraction of sp³-hybridized carbons (Fsp3) is 0.429. The maximum atomic E-state index is 12.2. The van der Waals surface area contributed by atoms with Crippen molar-refractivity contribution in [2.24, 2.45) is 5.92 Å². The molecule has 5 nitrogen and oxygen atoms in total. The smallest absolute Gasteiger partial charge is 0.323 e. The lowest BCUT2D eigenvalue weighted by atomic mass is 10.0. The largest absolute Gasteiger partial charge is 0.399 e. The maximum absolute atomic E-state index is 12.2. The van der Waals surface area contributed by atoms with E-state index in [1.807, 2.05) is 23.1 Å². The highest BCUT2D eigenvalue weighted by molar-refractivity contribution is 7.22. The van der Waals surface area contributed by atoms with E-state index in [0.717, 1.165) is 29.7 Å². The van der Waals surface area contributed by atoms with Crippen molar-refractivity contribution in [3.05, 3.63) is 18.2 Å². The van der Waals surface area contributed by atoms with Gasteiger partial charge in [-0.1, -0.05) is 18.3 Å². The molecule has 106 valence electrons. The van der Waals surface area contributed by atoms with Crippen LogP contribution in [0.25, 0.3) is 10.2 Å². The second-order valence-electron chi connectivity index (χ2n) is 5.37. The first kappa shape index (κ1) is 13.2. The number of carbonyl (C=O) groups is 1. The highest BCUT2D eigenvalue weighted by Crippen LogP contribution is 2.28. The minimum atomic E-state index is -0.0522. The number of anilines is 2. The summed E-state index contributed by atoms with van der Waals surface area (Å²) in [6.45, 7) is 3.83. The average molecular weight is 290 g/mol. The minimum Gasteiger partial charge on any atom is -0.399 e. The molecule has 2 aromatic rings. The number of hydrogen-bond donors (Lipinski definition) is 2. The summed E-state index contributed by atoms with van der Waals surface area (Å²) in [6, 6.07) is 5.52. The highest BCUT2D eigenvalue weighted by Gasteiger charge is 2.21. The van der Waals surface area contributed by atoms with E-state index in [4.69, 9.17) is 5.73 Å². The maximum Gasteiger partial charge on any atom is 0.323 e. The van der Waals surface area contributed by atoms with Gasteiger partial charge < -0.3 is 10.6 Å². The molecule has 1 fully saturated rings. The Morgan fingerprint density at radius 2 is 2.40 bits per heavy atom. The molecule has 3 N–H and O–H groups in total. The molecule has 6 heteroatoms. The first-order valence-electron chi connectivity index (χ1n) is 6.84. The molecule has 2 heterocycles. The number of rotatable bonds is 1. The Balaban J connectivity index is 1.73. The van der Waals surface area contributed by atoms with Crippen molar-refractivity contribution >= 4 is 38.4 Å². The van der Waals surface area contributed by atoms with Crippen molar-refractivity contribution in [2.45, 2.75) is 19.8 Å². The van der Waals surface area contributed by atoms with Crippen LogP contribution in [-0.2, 0) is 0 Å². The molecule has 0 aliphatic carbocycles. The molecule has 0 radical (unpaired) electrons. The Kier molecular flexibility index (Phi) is 3.48. The van der Waals surface area contributed by atoms with E-state index in [2.05, 4.69) is 17.2 Å². The zero-order valence-electron chi connectivity index (χ0n) is 11.4. The number of nitrogens with one attached hydrogen (secondary N) is 1. The van der Waals surface area contributed by atoms with Crippen LogP contribution in [-0.4, -0.2) is 29.0 Å². The van der Waals surface area contributed by atoms with Crippen LogP contribution in [0.5, 0.6) is 0 Å². The summed E-state index contributed by atoms with van der Waals surface area (Å²) in [5, 5.41) is 3.53. The van der Waals surface area contributed by atoms with Gasteiger partial charge in [0.1, 0.15) is 0 Å². The van der Waals surface area contributed by atoms with Crippen molar-refractivity contribution in [1.82, 2.24) is 9.88 Å². The van der Waals surface area contributed by atoms with Crippen molar-refractivity contribution in [3.63, 3.8) is 0 Å². The second-order valence-corrected chi connectivity index (χ2v) is 6.40. The quantitative estimate of drug-likeness (QED) is 0.793. The third-order valence-electron chi connectivity index (χ3n) is 3.57. The number of nitrogen functional groups attached to an aromatic ring is 1. The third kappa shape index (κ3) is 2.70. The standard InChI is InChI=1S/C14H18N4OS/c1-9-3-2-6-18(8-9)14(19)17-13-16-11-5-4-10(15)7-12(11)20-13/h4-5,7,9H,2-3,6,8,15H2,1H3,(H,16,17,19). The van der Waals surface area contributed by atoms with Gasteiger partial charge >= 0.3 is 6.03 Å². The number of piperidine rings is 1. The van der Waals surface area contributed by atoms with Gasteiger partial charge in [0.2, 0.25) is 0 Å². The molecule has 0 bridgehead atoms. The fourth-order valence-electron chi connectivity index (χ4n) is 2.54. The number of fused-ring (bicyclic) bond motifs is 1. The summed E-state index contributed by atoms with van der Waals surface area (Å²) in [4.78, 5) is 18.5. The lowest BCUT2D eigenvalue weighted by Gasteiger charge is -2.30. The highest BCUT2D eigenvalue weighted by atomic mass is 32.1. The molecule has 1 aromatic carbocycles. The predicted octanol–water partition coefficient (Wildman–Crippen LogP) is 3.14. The number of thiazole rings is 1. The van der Waals surface area contributed by atoms with E-state index in [-0.39, 0.29) is 6.03 Å². The van der Waals surface area contributed by atoms with Crippen molar-refractivity contribution in [3.8, 4) is 0 Å². The number of nitrogens with zero attached hydrogens (tertiary/aromatic N) is 2. The molecular formula is C14H18N4OS. The number of benzene rings is 1. The van der Waals surface area contributed by atoms with Crippen molar-refractivity contribution < 1.29 is 4.79 Å². The second kappa shape index (κ2) is 5.28. The Morgan fingerprint density at radius 3 is 3.20 bits per heavy atom. The van der Waals surface area contributed by atoms with E-state index in [9.17, 15) is 4.79 Å².